The Morgan fingerprint density at radius 2 is 1.71 bits per heavy atom. The maximum absolute atomic E-state index is 12.7. The molecule has 4 saturated carbocycles. The third kappa shape index (κ3) is 4.65. The number of amides is 2. The average Bonchev–Trinajstić information content (AvgIpc) is 3.24. The molecular formula is C24H31N5O2. The Kier molecular flexibility index (Phi) is 5.50. The third-order valence-corrected chi connectivity index (χ3v) is 7.52. The number of hydrogen-bond acceptors (Lipinski definition) is 4. The molecule has 1 aromatic heterocycles. The van der Waals surface area contributed by atoms with Gasteiger partial charge in [0.25, 0.3) is 0 Å². The lowest BCUT2D eigenvalue weighted by Gasteiger charge is -2.56. The summed E-state index contributed by atoms with van der Waals surface area (Å²) in [5.74, 6) is 2.31. The number of benzene rings is 1. The monoisotopic (exact) mass is 421 g/mol. The Balaban J connectivity index is 1.15. The van der Waals surface area contributed by atoms with Crippen LogP contribution < -0.4 is 10.6 Å². The van der Waals surface area contributed by atoms with Gasteiger partial charge in [0.05, 0.1) is 19.1 Å². The third-order valence-electron chi connectivity index (χ3n) is 7.52. The molecule has 4 bridgehead atoms. The van der Waals surface area contributed by atoms with Crippen molar-refractivity contribution in [3.05, 3.63) is 48.5 Å². The second-order valence-corrected chi connectivity index (χ2v) is 10.0. The van der Waals surface area contributed by atoms with Gasteiger partial charge >= 0.3 is 0 Å². The van der Waals surface area contributed by atoms with Gasteiger partial charge in [-0.25, -0.2) is 4.98 Å². The van der Waals surface area contributed by atoms with Gasteiger partial charge in [0, 0.05) is 6.42 Å². The zero-order valence-electron chi connectivity index (χ0n) is 17.9. The lowest BCUT2D eigenvalue weighted by atomic mass is 9.49. The van der Waals surface area contributed by atoms with Gasteiger partial charge < -0.3 is 10.6 Å². The van der Waals surface area contributed by atoms with Crippen molar-refractivity contribution in [2.75, 3.05) is 6.54 Å². The first-order chi connectivity index (χ1) is 15.1. The zero-order valence-corrected chi connectivity index (χ0v) is 17.9. The molecule has 7 nitrogen and oxygen atoms in total. The van der Waals surface area contributed by atoms with Crippen molar-refractivity contribution in [1.82, 2.24) is 25.4 Å². The molecule has 2 N–H and O–H groups in total. The minimum absolute atomic E-state index is 0.00584. The van der Waals surface area contributed by atoms with Crippen LogP contribution in [-0.2, 0) is 16.1 Å². The Labute approximate surface area is 183 Å². The fraction of sp³-hybridized carbons (Fsp3) is 0.583. The first-order valence-corrected chi connectivity index (χ1v) is 11.5. The standard InChI is InChI=1S/C24H31N5O2/c30-22(12-24-9-17-6-18(10-24)8-19(7-17)11-24)26-13-23(31)28-21(14-29-16-25-15-27-29)20-4-2-1-3-5-20/h1-5,15-19,21H,6-14H2,(H,26,30)(H,28,31). The van der Waals surface area contributed by atoms with E-state index in [1.165, 1.54) is 44.9 Å². The summed E-state index contributed by atoms with van der Waals surface area (Å²) in [6, 6.07) is 9.56. The molecule has 0 spiro atoms. The molecule has 4 fully saturated rings. The van der Waals surface area contributed by atoms with Crippen LogP contribution in [0, 0.1) is 23.2 Å². The Hall–Kier alpha value is -2.70. The largest absolute Gasteiger partial charge is 0.347 e. The highest BCUT2D eigenvalue weighted by atomic mass is 16.2. The lowest BCUT2D eigenvalue weighted by molar-refractivity contribution is -0.132. The van der Waals surface area contributed by atoms with E-state index in [1.54, 1.807) is 11.0 Å². The Morgan fingerprint density at radius 3 is 2.32 bits per heavy atom. The van der Waals surface area contributed by atoms with E-state index < -0.39 is 0 Å². The molecule has 0 saturated heterocycles. The number of nitrogens with one attached hydrogen (secondary N) is 2. The summed E-state index contributed by atoms with van der Waals surface area (Å²) in [6.07, 6.45) is 11.4. The number of hydrogen-bond donors (Lipinski definition) is 2. The van der Waals surface area contributed by atoms with Crippen LogP contribution >= 0.6 is 0 Å². The van der Waals surface area contributed by atoms with Crippen LogP contribution in [-0.4, -0.2) is 33.1 Å². The summed E-state index contributed by atoms with van der Waals surface area (Å²) in [6.45, 7) is 0.489. The summed E-state index contributed by atoms with van der Waals surface area (Å²) in [5.41, 5.74) is 1.18. The maximum atomic E-state index is 12.7. The van der Waals surface area contributed by atoms with Gasteiger partial charge in [-0.15, -0.1) is 0 Å². The number of carbonyl (C=O) groups is 2. The summed E-state index contributed by atoms with van der Waals surface area (Å²) >= 11 is 0. The molecule has 6 rings (SSSR count). The van der Waals surface area contributed by atoms with Crippen LogP contribution in [0.1, 0.15) is 56.6 Å². The number of nitrogens with zero attached hydrogens (tertiary/aromatic N) is 3. The normalized spacial score (nSPS) is 29.5. The van der Waals surface area contributed by atoms with Gasteiger partial charge in [-0.05, 0) is 67.3 Å². The topological polar surface area (TPSA) is 88.9 Å². The molecule has 4 aliphatic carbocycles. The molecule has 4 aliphatic rings. The van der Waals surface area contributed by atoms with Crippen LogP contribution in [0.4, 0.5) is 0 Å². The second-order valence-electron chi connectivity index (χ2n) is 10.0. The van der Waals surface area contributed by atoms with E-state index in [0.29, 0.717) is 13.0 Å². The molecule has 1 heterocycles. The molecule has 1 atom stereocenters. The van der Waals surface area contributed by atoms with Crippen molar-refractivity contribution in [1.29, 1.82) is 0 Å². The second kappa shape index (κ2) is 8.44. The molecule has 0 radical (unpaired) electrons. The average molecular weight is 422 g/mol. The molecule has 1 aromatic carbocycles. The van der Waals surface area contributed by atoms with Crippen molar-refractivity contribution in [3.63, 3.8) is 0 Å². The summed E-state index contributed by atoms with van der Waals surface area (Å²) in [5, 5.41) is 10.1. The zero-order chi connectivity index (χ0) is 21.3. The van der Waals surface area contributed by atoms with Crippen molar-refractivity contribution >= 4 is 11.8 Å². The van der Waals surface area contributed by atoms with Gasteiger partial charge in [0.1, 0.15) is 12.7 Å². The summed E-state index contributed by atoms with van der Waals surface area (Å²) in [4.78, 5) is 29.4. The van der Waals surface area contributed by atoms with Gasteiger partial charge in [0.2, 0.25) is 11.8 Å². The number of carbonyl (C=O) groups excluding carboxylic acids is 2. The van der Waals surface area contributed by atoms with Gasteiger partial charge in [0.15, 0.2) is 0 Å². The molecular weight excluding hydrogens is 390 g/mol. The van der Waals surface area contributed by atoms with Crippen LogP contribution in [0.3, 0.4) is 0 Å². The SMILES string of the molecule is O=C(CC12CC3CC(CC(C3)C1)C2)NCC(=O)NC(Cn1cncn1)c1ccccc1. The minimum atomic E-state index is -0.240. The molecule has 2 aromatic rings. The van der Waals surface area contributed by atoms with E-state index in [-0.39, 0.29) is 29.8 Å². The lowest BCUT2D eigenvalue weighted by Crippen LogP contribution is -2.48. The summed E-state index contributed by atoms with van der Waals surface area (Å²) < 4.78 is 1.70. The van der Waals surface area contributed by atoms with Gasteiger partial charge in [-0.2, -0.15) is 5.10 Å². The number of aromatic nitrogens is 3. The minimum Gasteiger partial charge on any atom is -0.347 e. The predicted octanol–water partition coefficient (Wildman–Crippen LogP) is 2.86. The van der Waals surface area contributed by atoms with Crippen molar-refractivity contribution < 1.29 is 9.59 Å². The number of rotatable bonds is 8. The van der Waals surface area contributed by atoms with E-state index in [0.717, 1.165) is 23.3 Å². The fourth-order valence-electron chi connectivity index (χ4n) is 6.77. The first kappa shape index (κ1) is 20.2. The fourth-order valence-corrected chi connectivity index (χ4v) is 6.77. The highest BCUT2D eigenvalue weighted by Gasteiger charge is 2.51. The van der Waals surface area contributed by atoms with Crippen LogP contribution in [0.15, 0.2) is 43.0 Å². The van der Waals surface area contributed by atoms with Crippen molar-refractivity contribution in [3.8, 4) is 0 Å². The molecule has 2 amide bonds. The smallest absolute Gasteiger partial charge is 0.239 e. The first-order valence-electron chi connectivity index (χ1n) is 11.5. The van der Waals surface area contributed by atoms with Gasteiger partial charge in [-0.1, -0.05) is 30.3 Å². The summed E-state index contributed by atoms with van der Waals surface area (Å²) in [7, 11) is 0. The Bertz CT molecular complexity index is 876. The molecule has 164 valence electrons. The molecule has 1 unspecified atom stereocenters. The highest BCUT2D eigenvalue weighted by Crippen LogP contribution is 2.61. The van der Waals surface area contributed by atoms with Crippen LogP contribution in [0.5, 0.6) is 0 Å². The van der Waals surface area contributed by atoms with Gasteiger partial charge in [-0.3, -0.25) is 14.3 Å². The van der Waals surface area contributed by atoms with E-state index in [2.05, 4.69) is 20.7 Å². The van der Waals surface area contributed by atoms with Crippen molar-refractivity contribution in [2.24, 2.45) is 23.2 Å². The van der Waals surface area contributed by atoms with E-state index >= 15 is 0 Å². The van der Waals surface area contributed by atoms with Crippen LogP contribution in [0.2, 0.25) is 0 Å². The van der Waals surface area contributed by atoms with Crippen molar-refractivity contribution in [2.45, 2.75) is 57.5 Å². The predicted molar refractivity (Wildman–Crippen MR) is 116 cm³/mol. The van der Waals surface area contributed by atoms with E-state index in [4.69, 9.17) is 0 Å². The van der Waals surface area contributed by atoms with E-state index in [1.807, 2.05) is 30.3 Å². The van der Waals surface area contributed by atoms with Crippen LogP contribution in [0.25, 0.3) is 0 Å². The Morgan fingerprint density at radius 1 is 1.03 bits per heavy atom. The highest BCUT2D eigenvalue weighted by molar-refractivity contribution is 5.85. The maximum Gasteiger partial charge on any atom is 0.239 e. The molecule has 7 heteroatoms. The van der Waals surface area contributed by atoms with E-state index in [9.17, 15) is 9.59 Å². The molecule has 0 aliphatic heterocycles. The molecule has 31 heavy (non-hydrogen) atoms. The quantitative estimate of drug-likeness (QED) is 0.686.